The number of halogens is 2. The van der Waals surface area contributed by atoms with E-state index in [2.05, 4.69) is 21.2 Å². The molecule has 2 rings (SSSR count). The maximum atomic E-state index is 14.0. The molecule has 5 heteroatoms. The first-order chi connectivity index (χ1) is 9.63. The van der Waals surface area contributed by atoms with Crippen molar-refractivity contribution in [1.29, 1.82) is 0 Å². The van der Waals surface area contributed by atoms with Crippen molar-refractivity contribution in [3.05, 3.63) is 58.3 Å². The molecule has 0 fully saturated rings. The average Bonchev–Trinajstić information content (AvgIpc) is 2.45. The van der Waals surface area contributed by atoms with Crippen LogP contribution in [0.5, 0.6) is 5.75 Å². The Morgan fingerprint density at radius 2 is 2.10 bits per heavy atom. The van der Waals surface area contributed by atoms with Crippen LogP contribution in [0.2, 0.25) is 0 Å². The van der Waals surface area contributed by atoms with Gasteiger partial charge in [-0.15, -0.1) is 0 Å². The van der Waals surface area contributed by atoms with Crippen molar-refractivity contribution < 1.29 is 9.13 Å². The summed E-state index contributed by atoms with van der Waals surface area (Å²) >= 11 is 3.24. The molecule has 0 aliphatic rings. The molecule has 0 saturated heterocycles. The zero-order valence-corrected chi connectivity index (χ0v) is 12.7. The van der Waals surface area contributed by atoms with Crippen molar-refractivity contribution in [1.82, 2.24) is 0 Å². The highest BCUT2D eigenvalue weighted by Crippen LogP contribution is 2.25. The lowest BCUT2D eigenvalue weighted by Crippen LogP contribution is -2.21. The number of anilines is 1. The van der Waals surface area contributed by atoms with Crippen LogP contribution in [0, 0.1) is 5.82 Å². The van der Waals surface area contributed by atoms with E-state index in [1.807, 2.05) is 24.3 Å². The van der Waals surface area contributed by atoms with Crippen molar-refractivity contribution in [2.75, 3.05) is 19.0 Å². The smallest absolute Gasteiger partial charge is 0.129 e. The van der Waals surface area contributed by atoms with Crippen LogP contribution in [-0.2, 0) is 0 Å². The minimum absolute atomic E-state index is 0.287. The third-order valence-electron chi connectivity index (χ3n) is 2.98. The normalized spacial score (nSPS) is 12.0. The minimum Gasteiger partial charge on any atom is -0.497 e. The van der Waals surface area contributed by atoms with Crippen molar-refractivity contribution in [2.24, 2.45) is 5.73 Å². The Morgan fingerprint density at radius 3 is 2.75 bits per heavy atom. The number of rotatable bonds is 5. The molecule has 0 spiro atoms. The number of nitrogens with two attached hydrogens (primary N) is 1. The van der Waals surface area contributed by atoms with E-state index in [-0.39, 0.29) is 18.4 Å². The van der Waals surface area contributed by atoms with Gasteiger partial charge in [0.1, 0.15) is 11.6 Å². The second-order valence-corrected chi connectivity index (χ2v) is 5.25. The van der Waals surface area contributed by atoms with Gasteiger partial charge in [0.2, 0.25) is 0 Å². The fourth-order valence-corrected chi connectivity index (χ4v) is 2.29. The van der Waals surface area contributed by atoms with E-state index >= 15 is 0 Å². The molecule has 20 heavy (non-hydrogen) atoms. The Morgan fingerprint density at radius 1 is 1.30 bits per heavy atom. The van der Waals surface area contributed by atoms with Crippen molar-refractivity contribution in [3.8, 4) is 5.75 Å². The van der Waals surface area contributed by atoms with Crippen LogP contribution >= 0.6 is 15.9 Å². The lowest BCUT2D eigenvalue weighted by molar-refractivity contribution is 0.415. The topological polar surface area (TPSA) is 47.3 Å². The molecule has 0 aromatic heterocycles. The van der Waals surface area contributed by atoms with Gasteiger partial charge in [0.25, 0.3) is 0 Å². The van der Waals surface area contributed by atoms with Crippen LogP contribution in [-0.4, -0.2) is 13.7 Å². The van der Waals surface area contributed by atoms with Gasteiger partial charge in [-0.2, -0.15) is 0 Å². The largest absolute Gasteiger partial charge is 0.497 e. The molecule has 2 aromatic carbocycles. The SMILES string of the molecule is COc1cccc(NC(CN)c2ccc(Br)cc2F)c1. The first kappa shape index (κ1) is 14.8. The van der Waals surface area contributed by atoms with Gasteiger partial charge in [-0.05, 0) is 24.3 Å². The molecule has 2 aromatic rings. The molecule has 3 N–H and O–H groups in total. The first-order valence-electron chi connectivity index (χ1n) is 6.19. The number of hydrogen-bond donors (Lipinski definition) is 2. The average molecular weight is 339 g/mol. The summed E-state index contributed by atoms with van der Waals surface area (Å²) in [6.07, 6.45) is 0. The highest BCUT2D eigenvalue weighted by atomic mass is 79.9. The maximum absolute atomic E-state index is 14.0. The monoisotopic (exact) mass is 338 g/mol. The Labute approximate surface area is 126 Å². The third-order valence-corrected chi connectivity index (χ3v) is 3.48. The van der Waals surface area contributed by atoms with E-state index < -0.39 is 0 Å². The molecule has 0 aliphatic heterocycles. The number of nitrogens with one attached hydrogen (secondary N) is 1. The molecule has 106 valence electrons. The van der Waals surface area contributed by atoms with E-state index in [0.717, 1.165) is 11.4 Å². The highest BCUT2D eigenvalue weighted by molar-refractivity contribution is 9.10. The predicted octanol–water partition coefficient (Wildman–Crippen LogP) is 3.71. The van der Waals surface area contributed by atoms with Crippen molar-refractivity contribution >= 4 is 21.6 Å². The fourth-order valence-electron chi connectivity index (χ4n) is 1.96. The number of ether oxygens (including phenoxy) is 1. The van der Waals surface area contributed by atoms with Gasteiger partial charge >= 0.3 is 0 Å². The van der Waals surface area contributed by atoms with Gasteiger partial charge in [0, 0.05) is 28.3 Å². The zero-order valence-electron chi connectivity index (χ0n) is 11.1. The molecule has 3 nitrogen and oxygen atoms in total. The molecule has 0 saturated carbocycles. The van der Waals surface area contributed by atoms with Gasteiger partial charge < -0.3 is 15.8 Å². The fraction of sp³-hybridized carbons (Fsp3) is 0.200. The summed E-state index contributed by atoms with van der Waals surface area (Å²) in [4.78, 5) is 0. The van der Waals surface area contributed by atoms with Gasteiger partial charge in [0.05, 0.1) is 13.2 Å². The van der Waals surface area contributed by atoms with Crippen LogP contribution in [0.1, 0.15) is 11.6 Å². The van der Waals surface area contributed by atoms with Gasteiger partial charge in [0.15, 0.2) is 0 Å². The van der Waals surface area contributed by atoms with Gasteiger partial charge in [-0.3, -0.25) is 0 Å². The number of hydrogen-bond acceptors (Lipinski definition) is 3. The summed E-state index contributed by atoms with van der Waals surface area (Å²) in [7, 11) is 1.61. The number of benzene rings is 2. The first-order valence-corrected chi connectivity index (χ1v) is 6.99. The molecule has 1 unspecified atom stereocenters. The summed E-state index contributed by atoms with van der Waals surface area (Å²) in [5, 5.41) is 3.22. The molecule has 0 amide bonds. The molecule has 0 bridgehead atoms. The summed E-state index contributed by atoms with van der Waals surface area (Å²) in [5.41, 5.74) is 7.13. The summed E-state index contributed by atoms with van der Waals surface area (Å²) < 4.78 is 19.9. The molecule has 0 heterocycles. The van der Waals surface area contributed by atoms with Gasteiger partial charge in [-0.1, -0.05) is 28.1 Å². The van der Waals surface area contributed by atoms with Crippen molar-refractivity contribution in [3.63, 3.8) is 0 Å². The van der Waals surface area contributed by atoms with Crippen LogP contribution < -0.4 is 15.8 Å². The molecule has 0 radical (unpaired) electrons. The Kier molecular flexibility index (Phi) is 4.98. The molecular formula is C15H16BrFN2O. The van der Waals surface area contributed by atoms with Crippen molar-refractivity contribution in [2.45, 2.75) is 6.04 Å². The van der Waals surface area contributed by atoms with E-state index in [4.69, 9.17) is 10.5 Å². The Hall–Kier alpha value is -1.59. The zero-order chi connectivity index (χ0) is 14.5. The van der Waals surface area contributed by atoms with E-state index in [1.165, 1.54) is 6.07 Å². The minimum atomic E-state index is -0.296. The van der Waals surface area contributed by atoms with Gasteiger partial charge in [-0.25, -0.2) is 4.39 Å². The Balaban J connectivity index is 2.23. The third kappa shape index (κ3) is 3.49. The Bertz CT molecular complexity index is 592. The highest BCUT2D eigenvalue weighted by Gasteiger charge is 2.14. The predicted molar refractivity (Wildman–Crippen MR) is 82.5 cm³/mol. The summed E-state index contributed by atoms with van der Waals surface area (Å²) in [5.74, 6) is 0.451. The van der Waals surface area contributed by atoms with E-state index in [0.29, 0.717) is 10.0 Å². The van der Waals surface area contributed by atoms with E-state index in [1.54, 1.807) is 19.2 Å². The quantitative estimate of drug-likeness (QED) is 0.873. The lowest BCUT2D eigenvalue weighted by Gasteiger charge is -2.19. The number of methoxy groups -OCH3 is 1. The molecule has 0 aliphatic carbocycles. The van der Waals surface area contributed by atoms with Crippen LogP contribution in [0.25, 0.3) is 0 Å². The molecule has 1 atom stereocenters. The van der Waals surface area contributed by atoms with Crippen LogP contribution in [0.15, 0.2) is 46.9 Å². The molecular weight excluding hydrogens is 323 g/mol. The van der Waals surface area contributed by atoms with E-state index in [9.17, 15) is 4.39 Å². The second-order valence-electron chi connectivity index (χ2n) is 4.33. The standard InChI is InChI=1S/C15H16BrFN2O/c1-20-12-4-2-3-11(8-12)19-15(9-18)13-6-5-10(16)7-14(13)17/h2-8,15,19H,9,18H2,1H3. The maximum Gasteiger partial charge on any atom is 0.129 e. The summed E-state index contributed by atoms with van der Waals surface area (Å²) in [6, 6.07) is 12.1. The summed E-state index contributed by atoms with van der Waals surface area (Å²) in [6.45, 7) is 0.287. The van der Waals surface area contributed by atoms with Crippen LogP contribution in [0.4, 0.5) is 10.1 Å². The lowest BCUT2D eigenvalue weighted by atomic mass is 10.1. The second kappa shape index (κ2) is 6.72. The van der Waals surface area contributed by atoms with Crippen LogP contribution in [0.3, 0.4) is 0 Å².